The number of nitrogens with one attached hydrogen (secondary N) is 1. The van der Waals surface area contributed by atoms with E-state index in [9.17, 15) is 8.78 Å². The fourth-order valence-corrected chi connectivity index (χ4v) is 1.79. The van der Waals surface area contributed by atoms with Crippen LogP contribution < -0.4 is 5.32 Å². The van der Waals surface area contributed by atoms with Gasteiger partial charge in [-0.2, -0.15) is 0 Å². The van der Waals surface area contributed by atoms with Gasteiger partial charge < -0.3 is 14.8 Å². The molecule has 94 valence electrons. The monoisotopic (exact) mass is 243 g/mol. The van der Waals surface area contributed by atoms with Gasteiger partial charge in [0.1, 0.15) is 11.6 Å². The maximum absolute atomic E-state index is 13.6. The molecule has 0 atom stereocenters. The Labute approximate surface area is 98.7 Å². The fourth-order valence-electron chi connectivity index (χ4n) is 1.79. The molecule has 0 radical (unpaired) electrons. The zero-order valence-electron chi connectivity index (χ0n) is 9.80. The topological polar surface area (TPSA) is 30.5 Å². The lowest BCUT2D eigenvalue weighted by atomic mass is 10.1. The summed E-state index contributed by atoms with van der Waals surface area (Å²) < 4.78 is 37.5. The number of likely N-dealkylation sites (N-methyl/N-ethyl adjacent to an activating group) is 1. The highest BCUT2D eigenvalue weighted by molar-refractivity contribution is 5.23. The van der Waals surface area contributed by atoms with E-state index >= 15 is 0 Å². The first-order valence-corrected chi connectivity index (χ1v) is 5.46. The maximum atomic E-state index is 13.6. The molecule has 1 fully saturated rings. The normalized spacial score (nSPS) is 29.3. The molecule has 2 rings (SSSR count). The molecule has 0 saturated carbocycles. The number of rotatable bonds is 2. The van der Waals surface area contributed by atoms with Crippen LogP contribution in [0.2, 0.25) is 0 Å². The van der Waals surface area contributed by atoms with E-state index in [4.69, 9.17) is 9.47 Å². The lowest BCUT2D eigenvalue weighted by molar-refractivity contribution is -0.273. The second kappa shape index (κ2) is 4.68. The molecule has 1 aromatic carbocycles. The number of hydrogen-bond acceptors (Lipinski definition) is 3. The molecule has 0 aromatic heterocycles. The lowest BCUT2D eigenvalue weighted by Crippen LogP contribution is -2.47. The largest absolute Gasteiger partial charge is 0.344 e. The van der Waals surface area contributed by atoms with Crippen LogP contribution in [0.5, 0.6) is 0 Å². The third-order valence-electron chi connectivity index (χ3n) is 2.95. The van der Waals surface area contributed by atoms with Crippen LogP contribution in [0.15, 0.2) is 18.2 Å². The van der Waals surface area contributed by atoms with Crippen molar-refractivity contribution in [3.63, 3.8) is 0 Å². The summed E-state index contributed by atoms with van der Waals surface area (Å²) in [6.07, 6.45) is 0. The summed E-state index contributed by atoms with van der Waals surface area (Å²) in [5, 5.41) is 3.01. The first-order valence-electron chi connectivity index (χ1n) is 5.46. The van der Waals surface area contributed by atoms with Crippen molar-refractivity contribution in [2.45, 2.75) is 18.8 Å². The van der Waals surface area contributed by atoms with Crippen molar-refractivity contribution >= 4 is 0 Å². The van der Waals surface area contributed by atoms with Gasteiger partial charge in [0.05, 0.1) is 19.3 Å². The van der Waals surface area contributed by atoms with Crippen molar-refractivity contribution in [1.82, 2.24) is 5.32 Å². The van der Waals surface area contributed by atoms with Crippen molar-refractivity contribution in [2.24, 2.45) is 0 Å². The molecule has 1 saturated heterocycles. The Balaban J connectivity index is 2.21. The second-order valence-electron chi connectivity index (χ2n) is 4.18. The summed E-state index contributed by atoms with van der Waals surface area (Å²) in [5.74, 6) is -2.42. The molecule has 1 aliphatic heterocycles. The van der Waals surface area contributed by atoms with Crippen LogP contribution in [0.25, 0.3) is 0 Å². The maximum Gasteiger partial charge on any atom is 0.194 e. The Hall–Kier alpha value is -1.04. The summed E-state index contributed by atoms with van der Waals surface area (Å²) in [4.78, 5) is 0. The van der Waals surface area contributed by atoms with E-state index < -0.39 is 17.4 Å². The Morgan fingerprint density at radius 2 is 1.94 bits per heavy atom. The van der Waals surface area contributed by atoms with Crippen LogP contribution in [0.1, 0.15) is 12.5 Å². The SMILES string of the molecule is CNC1COC(C)(c2ccc(F)cc2F)OC1. The van der Waals surface area contributed by atoms with Gasteiger partial charge in [-0.05, 0) is 26.1 Å². The van der Waals surface area contributed by atoms with Crippen LogP contribution in [-0.4, -0.2) is 26.3 Å². The molecule has 1 heterocycles. The molecule has 5 heteroatoms. The highest BCUT2D eigenvalue weighted by Gasteiger charge is 2.36. The van der Waals surface area contributed by atoms with E-state index in [-0.39, 0.29) is 11.6 Å². The van der Waals surface area contributed by atoms with Gasteiger partial charge in [0.25, 0.3) is 0 Å². The van der Waals surface area contributed by atoms with Crippen LogP contribution in [0.4, 0.5) is 8.78 Å². The first-order chi connectivity index (χ1) is 8.05. The van der Waals surface area contributed by atoms with Crippen LogP contribution in [0.3, 0.4) is 0 Å². The fraction of sp³-hybridized carbons (Fsp3) is 0.500. The molecule has 0 bridgehead atoms. The van der Waals surface area contributed by atoms with E-state index in [0.717, 1.165) is 6.07 Å². The third-order valence-corrected chi connectivity index (χ3v) is 2.95. The van der Waals surface area contributed by atoms with Gasteiger partial charge in [-0.15, -0.1) is 0 Å². The molecule has 0 amide bonds. The molecule has 1 N–H and O–H groups in total. The van der Waals surface area contributed by atoms with Crippen LogP contribution in [-0.2, 0) is 15.3 Å². The van der Waals surface area contributed by atoms with Crippen molar-refractivity contribution in [3.8, 4) is 0 Å². The minimum absolute atomic E-state index is 0.0894. The highest BCUT2D eigenvalue weighted by Crippen LogP contribution is 2.32. The second-order valence-corrected chi connectivity index (χ2v) is 4.18. The molecule has 1 aromatic rings. The number of benzene rings is 1. The zero-order chi connectivity index (χ0) is 12.5. The van der Waals surface area contributed by atoms with E-state index in [1.165, 1.54) is 12.1 Å². The average Bonchev–Trinajstić information content (AvgIpc) is 2.29. The molecule has 3 nitrogen and oxygen atoms in total. The lowest BCUT2D eigenvalue weighted by Gasteiger charge is -2.37. The molecular formula is C12H15F2NO2. The number of ether oxygens (including phenoxy) is 2. The van der Waals surface area contributed by atoms with Gasteiger partial charge >= 0.3 is 0 Å². The Kier molecular flexibility index (Phi) is 3.42. The zero-order valence-corrected chi connectivity index (χ0v) is 9.80. The number of halogens is 2. The molecular weight excluding hydrogens is 228 g/mol. The minimum atomic E-state index is -1.15. The van der Waals surface area contributed by atoms with Crippen LogP contribution in [0, 0.1) is 11.6 Å². The van der Waals surface area contributed by atoms with Crippen molar-refractivity contribution in [2.75, 3.05) is 20.3 Å². The standard InChI is InChI=1S/C12H15F2NO2/c1-12(16-6-9(15-2)7-17-12)10-4-3-8(13)5-11(10)14/h3-5,9,15H,6-7H2,1-2H3. The molecule has 17 heavy (non-hydrogen) atoms. The van der Waals surface area contributed by atoms with Gasteiger partial charge in [0.15, 0.2) is 5.79 Å². The van der Waals surface area contributed by atoms with Gasteiger partial charge in [0, 0.05) is 11.6 Å². The summed E-state index contributed by atoms with van der Waals surface area (Å²) in [6, 6.07) is 3.47. The van der Waals surface area contributed by atoms with E-state index in [1.807, 2.05) is 0 Å². The van der Waals surface area contributed by atoms with E-state index in [0.29, 0.717) is 13.2 Å². The van der Waals surface area contributed by atoms with Crippen molar-refractivity contribution in [3.05, 3.63) is 35.4 Å². The predicted molar refractivity (Wildman–Crippen MR) is 58.5 cm³/mol. The summed E-state index contributed by atoms with van der Waals surface area (Å²) in [6.45, 7) is 2.48. The summed E-state index contributed by atoms with van der Waals surface area (Å²) >= 11 is 0. The summed E-state index contributed by atoms with van der Waals surface area (Å²) in [7, 11) is 1.80. The first kappa shape index (κ1) is 12.4. The Morgan fingerprint density at radius 3 is 2.47 bits per heavy atom. The van der Waals surface area contributed by atoms with E-state index in [1.54, 1.807) is 14.0 Å². The van der Waals surface area contributed by atoms with Crippen molar-refractivity contribution in [1.29, 1.82) is 0 Å². The summed E-state index contributed by atoms with van der Waals surface area (Å²) in [5.41, 5.74) is 0.216. The molecule has 0 unspecified atom stereocenters. The predicted octanol–water partition coefficient (Wildman–Crippen LogP) is 1.77. The average molecular weight is 243 g/mol. The van der Waals surface area contributed by atoms with Gasteiger partial charge in [-0.1, -0.05) is 0 Å². The van der Waals surface area contributed by atoms with Crippen molar-refractivity contribution < 1.29 is 18.3 Å². The third kappa shape index (κ3) is 2.46. The molecule has 0 spiro atoms. The smallest absolute Gasteiger partial charge is 0.194 e. The van der Waals surface area contributed by atoms with E-state index in [2.05, 4.69) is 5.32 Å². The molecule has 0 aliphatic carbocycles. The van der Waals surface area contributed by atoms with Gasteiger partial charge in [0.2, 0.25) is 0 Å². The van der Waals surface area contributed by atoms with Gasteiger partial charge in [-0.3, -0.25) is 0 Å². The minimum Gasteiger partial charge on any atom is -0.344 e. The highest BCUT2D eigenvalue weighted by atomic mass is 19.1. The van der Waals surface area contributed by atoms with Gasteiger partial charge in [-0.25, -0.2) is 8.78 Å². The van der Waals surface area contributed by atoms with Crippen LogP contribution >= 0.6 is 0 Å². The quantitative estimate of drug-likeness (QED) is 0.858. The Morgan fingerprint density at radius 1 is 1.29 bits per heavy atom. The Bertz CT molecular complexity index is 403. The number of hydrogen-bond donors (Lipinski definition) is 1. The molecule has 1 aliphatic rings.